The number of carbonyl (C=O) groups excluding carboxylic acids is 1. The number of hydrogen-bond acceptors (Lipinski definition) is 4. The van der Waals surface area contributed by atoms with Gasteiger partial charge in [-0.3, -0.25) is 9.36 Å². The minimum atomic E-state index is -0.302. The Kier molecular flexibility index (Phi) is 4.38. The average Bonchev–Trinajstić information content (AvgIpc) is 3.09. The van der Waals surface area contributed by atoms with E-state index >= 15 is 0 Å². The molecule has 1 saturated heterocycles. The van der Waals surface area contributed by atoms with Crippen LogP contribution in [-0.2, 0) is 18.4 Å². The fourth-order valence-electron chi connectivity index (χ4n) is 2.54. The van der Waals surface area contributed by atoms with Crippen LogP contribution in [0.2, 0.25) is 5.02 Å². The Bertz CT molecular complexity index is 770. The number of amides is 1. The van der Waals surface area contributed by atoms with Gasteiger partial charge in [0.25, 0.3) is 0 Å². The summed E-state index contributed by atoms with van der Waals surface area (Å²) in [5.41, 5.74) is -0.302. The van der Waals surface area contributed by atoms with Crippen molar-refractivity contribution >= 4 is 17.5 Å². The monoisotopic (exact) mass is 336 g/mol. The van der Waals surface area contributed by atoms with Crippen molar-refractivity contribution in [1.29, 1.82) is 0 Å². The topological polar surface area (TPSA) is 69.4 Å². The number of aryl methyl sites for hydroxylation is 1. The highest BCUT2D eigenvalue weighted by Crippen LogP contribution is 2.21. The highest BCUT2D eigenvalue weighted by atomic mass is 35.5. The first-order chi connectivity index (χ1) is 11.0. The van der Waals surface area contributed by atoms with E-state index in [1.54, 1.807) is 24.1 Å². The van der Waals surface area contributed by atoms with E-state index in [2.05, 4.69) is 5.10 Å². The van der Waals surface area contributed by atoms with Crippen molar-refractivity contribution in [3.63, 3.8) is 0 Å². The van der Waals surface area contributed by atoms with Gasteiger partial charge in [-0.15, -0.1) is 0 Å². The van der Waals surface area contributed by atoms with Crippen LogP contribution in [0.1, 0.15) is 6.42 Å². The first-order valence-electron chi connectivity index (χ1n) is 7.31. The van der Waals surface area contributed by atoms with E-state index in [4.69, 9.17) is 16.3 Å². The van der Waals surface area contributed by atoms with Crippen LogP contribution in [0.4, 0.5) is 0 Å². The van der Waals surface area contributed by atoms with E-state index in [0.717, 1.165) is 11.1 Å². The summed E-state index contributed by atoms with van der Waals surface area (Å²) in [5, 5.41) is 4.51. The Labute approximate surface area is 138 Å². The molecule has 1 aliphatic rings. The Morgan fingerprint density at radius 3 is 3.00 bits per heavy atom. The summed E-state index contributed by atoms with van der Waals surface area (Å²) < 4.78 is 8.34. The molecule has 0 aliphatic carbocycles. The number of benzene rings is 1. The molecule has 1 fully saturated rings. The number of carbonyl (C=O) groups is 1. The molecule has 7 nitrogen and oxygen atoms in total. The van der Waals surface area contributed by atoms with Crippen molar-refractivity contribution < 1.29 is 9.53 Å². The van der Waals surface area contributed by atoms with Crippen LogP contribution in [0, 0.1) is 0 Å². The molecule has 23 heavy (non-hydrogen) atoms. The third-order valence-corrected chi connectivity index (χ3v) is 4.00. The van der Waals surface area contributed by atoms with Crippen LogP contribution in [-0.4, -0.2) is 44.3 Å². The molecule has 3 rings (SSSR count). The van der Waals surface area contributed by atoms with Crippen molar-refractivity contribution in [3.8, 4) is 5.75 Å². The summed E-state index contributed by atoms with van der Waals surface area (Å²) in [5.74, 6) is 0.556. The predicted octanol–water partition coefficient (Wildman–Crippen LogP) is 0.915. The van der Waals surface area contributed by atoms with Gasteiger partial charge in [0.1, 0.15) is 24.7 Å². The molecule has 1 atom stereocenters. The van der Waals surface area contributed by atoms with E-state index in [1.807, 2.05) is 12.1 Å². The maximum absolute atomic E-state index is 12.3. The number of halogens is 1. The molecule has 8 heteroatoms. The standard InChI is InChI=1S/C15H17ClN4O3/c1-18-10-17-20(15(18)22)9-14(21)19-6-5-13(8-19)23-12-4-2-3-11(16)7-12/h2-4,7,10,13H,5-6,8-9H2,1H3/t13-/m0/s1. The molecule has 2 aromatic rings. The Balaban J connectivity index is 1.58. The van der Waals surface area contributed by atoms with Crippen LogP contribution in [0.5, 0.6) is 5.75 Å². The second kappa shape index (κ2) is 6.45. The van der Waals surface area contributed by atoms with E-state index in [9.17, 15) is 9.59 Å². The third kappa shape index (κ3) is 3.56. The minimum absolute atomic E-state index is 0.0520. The number of aromatic nitrogens is 3. The number of rotatable bonds is 4. The van der Waals surface area contributed by atoms with Gasteiger partial charge < -0.3 is 9.64 Å². The SMILES string of the molecule is Cn1cnn(CC(=O)N2CC[C@H](Oc3cccc(Cl)c3)C2)c1=O. The summed E-state index contributed by atoms with van der Waals surface area (Å²) in [7, 11) is 1.60. The lowest BCUT2D eigenvalue weighted by Gasteiger charge is -2.17. The lowest BCUT2D eigenvalue weighted by atomic mass is 10.3. The molecule has 0 radical (unpaired) electrons. The number of nitrogens with zero attached hydrogens (tertiary/aromatic N) is 4. The average molecular weight is 337 g/mol. The molecule has 0 saturated carbocycles. The number of hydrogen-bond donors (Lipinski definition) is 0. The predicted molar refractivity (Wildman–Crippen MR) is 84.5 cm³/mol. The van der Waals surface area contributed by atoms with Gasteiger partial charge in [0.15, 0.2) is 0 Å². The quantitative estimate of drug-likeness (QED) is 0.832. The summed E-state index contributed by atoms with van der Waals surface area (Å²) in [4.78, 5) is 25.7. The normalized spacial score (nSPS) is 17.5. The Morgan fingerprint density at radius 1 is 1.48 bits per heavy atom. The number of ether oxygens (including phenoxy) is 1. The fraction of sp³-hybridized carbons (Fsp3) is 0.400. The number of likely N-dealkylation sites (tertiary alicyclic amines) is 1. The second-order valence-corrected chi connectivity index (χ2v) is 5.94. The molecule has 0 spiro atoms. The molecule has 2 heterocycles. The van der Waals surface area contributed by atoms with Crippen molar-refractivity contribution in [1.82, 2.24) is 19.2 Å². The Morgan fingerprint density at radius 2 is 2.30 bits per heavy atom. The van der Waals surface area contributed by atoms with Gasteiger partial charge in [-0.1, -0.05) is 17.7 Å². The van der Waals surface area contributed by atoms with E-state index in [0.29, 0.717) is 23.9 Å². The van der Waals surface area contributed by atoms with Gasteiger partial charge in [-0.05, 0) is 18.2 Å². The van der Waals surface area contributed by atoms with E-state index < -0.39 is 0 Å². The van der Waals surface area contributed by atoms with Gasteiger partial charge in [0, 0.05) is 25.0 Å². The van der Waals surface area contributed by atoms with Crippen LogP contribution in [0.25, 0.3) is 0 Å². The third-order valence-electron chi connectivity index (χ3n) is 3.77. The van der Waals surface area contributed by atoms with Gasteiger partial charge in [0.05, 0.1) is 6.54 Å². The fourth-order valence-corrected chi connectivity index (χ4v) is 2.72. The minimum Gasteiger partial charge on any atom is -0.488 e. The molecular formula is C15H17ClN4O3. The smallest absolute Gasteiger partial charge is 0.345 e. The van der Waals surface area contributed by atoms with Crippen LogP contribution < -0.4 is 10.4 Å². The van der Waals surface area contributed by atoms with Crippen molar-refractivity contribution in [2.45, 2.75) is 19.1 Å². The van der Waals surface area contributed by atoms with Crippen LogP contribution >= 0.6 is 11.6 Å². The van der Waals surface area contributed by atoms with Crippen LogP contribution in [0.15, 0.2) is 35.4 Å². The molecule has 1 aliphatic heterocycles. The second-order valence-electron chi connectivity index (χ2n) is 5.51. The highest BCUT2D eigenvalue weighted by Gasteiger charge is 2.28. The molecule has 1 aromatic heterocycles. The maximum Gasteiger partial charge on any atom is 0.345 e. The molecule has 0 N–H and O–H groups in total. The van der Waals surface area contributed by atoms with Gasteiger partial charge >= 0.3 is 5.69 Å². The molecule has 1 aromatic carbocycles. The zero-order chi connectivity index (χ0) is 16.4. The summed E-state index contributed by atoms with van der Waals surface area (Å²) in [6, 6.07) is 7.19. The maximum atomic E-state index is 12.3. The molecular weight excluding hydrogens is 320 g/mol. The van der Waals surface area contributed by atoms with Gasteiger partial charge in [0.2, 0.25) is 5.91 Å². The zero-order valence-corrected chi connectivity index (χ0v) is 13.4. The van der Waals surface area contributed by atoms with E-state index in [1.165, 1.54) is 10.9 Å². The highest BCUT2D eigenvalue weighted by molar-refractivity contribution is 6.30. The summed E-state index contributed by atoms with van der Waals surface area (Å²) >= 11 is 5.93. The molecule has 1 amide bonds. The lowest BCUT2D eigenvalue weighted by molar-refractivity contribution is -0.131. The molecule has 122 valence electrons. The molecule has 0 bridgehead atoms. The van der Waals surface area contributed by atoms with Gasteiger partial charge in [-0.2, -0.15) is 5.10 Å². The van der Waals surface area contributed by atoms with E-state index in [-0.39, 0.29) is 24.2 Å². The lowest BCUT2D eigenvalue weighted by Crippen LogP contribution is -2.36. The van der Waals surface area contributed by atoms with Crippen molar-refractivity contribution in [2.24, 2.45) is 7.05 Å². The van der Waals surface area contributed by atoms with Crippen molar-refractivity contribution in [2.75, 3.05) is 13.1 Å². The summed E-state index contributed by atoms with van der Waals surface area (Å²) in [6.45, 7) is 1.04. The van der Waals surface area contributed by atoms with Crippen LogP contribution in [0.3, 0.4) is 0 Å². The molecule has 0 unspecified atom stereocenters. The summed E-state index contributed by atoms with van der Waals surface area (Å²) in [6.07, 6.45) is 2.07. The largest absolute Gasteiger partial charge is 0.488 e. The Hall–Kier alpha value is -2.28. The first kappa shape index (κ1) is 15.6. The van der Waals surface area contributed by atoms with Gasteiger partial charge in [-0.25, -0.2) is 9.48 Å². The zero-order valence-electron chi connectivity index (χ0n) is 12.7. The first-order valence-corrected chi connectivity index (χ1v) is 7.69. The van der Waals surface area contributed by atoms with Crippen molar-refractivity contribution in [3.05, 3.63) is 46.1 Å².